The molecule has 2 heterocycles. The topological polar surface area (TPSA) is 47.4 Å². The third-order valence-electron chi connectivity index (χ3n) is 4.77. The Bertz CT molecular complexity index is 1110. The van der Waals surface area contributed by atoms with Crippen molar-refractivity contribution in [3.8, 4) is 16.9 Å². The smallest absolute Gasteiger partial charge is 0.266 e. The fraction of sp³-hybridized carbons (Fsp3) is 0.174. The van der Waals surface area contributed by atoms with Crippen LogP contribution in [0.25, 0.3) is 23.0 Å². The van der Waals surface area contributed by atoms with E-state index in [0.29, 0.717) is 22.4 Å². The van der Waals surface area contributed by atoms with Crippen molar-refractivity contribution in [3.63, 3.8) is 0 Å². The summed E-state index contributed by atoms with van der Waals surface area (Å²) in [5.74, 6) is -0.0932. The first kappa shape index (κ1) is 20.5. The fourth-order valence-electron chi connectivity index (χ4n) is 3.16. The number of benzene rings is 2. The van der Waals surface area contributed by atoms with Crippen LogP contribution in [0.4, 0.5) is 0 Å². The first-order valence-corrected chi connectivity index (χ1v) is 10.8. The summed E-state index contributed by atoms with van der Waals surface area (Å²) in [6.07, 6.45) is 3.83. The van der Waals surface area contributed by atoms with Crippen LogP contribution < -0.4 is 0 Å². The first-order chi connectivity index (χ1) is 14.6. The summed E-state index contributed by atoms with van der Waals surface area (Å²) >= 11 is 6.71. The van der Waals surface area contributed by atoms with E-state index in [0.717, 1.165) is 22.5 Å². The molecule has 7 heteroatoms. The highest BCUT2D eigenvalue weighted by Crippen LogP contribution is 2.34. The Hall–Kier alpha value is -2.74. The highest BCUT2D eigenvalue weighted by atomic mass is 32.2. The number of rotatable bonds is 6. The van der Waals surface area contributed by atoms with Crippen LogP contribution in [0.2, 0.25) is 0 Å². The molecule has 1 aliphatic rings. The van der Waals surface area contributed by atoms with Crippen LogP contribution in [0.15, 0.2) is 65.7 Å². The third kappa shape index (κ3) is 4.23. The van der Waals surface area contributed by atoms with E-state index in [1.54, 1.807) is 12.0 Å². The molecule has 3 aromatic rings. The van der Waals surface area contributed by atoms with Crippen molar-refractivity contribution in [1.29, 1.82) is 0 Å². The number of amides is 1. The van der Waals surface area contributed by atoms with Crippen LogP contribution in [0.3, 0.4) is 0 Å². The van der Waals surface area contributed by atoms with Gasteiger partial charge >= 0.3 is 0 Å². The van der Waals surface area contributed by atoms with Crippen LogP contribution in [0.1, 0.15) is 11.1 Å². The molecule has 1 fully saturated rings. The second-order valence-electron chi connectivity index (χ2n) is 6.91. The molecule has 0 radical (unpaired) electrons. The minimum Gasteiger partial charge on any atom is -0.383 e. The second-order valence-corrected chi connectivity index (χ2v) is 8.58. The Balaban J connectivity index is 1.76. The molecule has 0 spiro atoms. The molecule has 0 atom stereocenters. The molecule has 1 aromatic heterocycles. The number of aromatic nitrogens is 2. The van der Waals surface area contributed by atoms with Crippen molar-refractivity contribution < 1.29 is 9.53 Å². The summed E-state index contributed by atoms with van der Waals surface area (Å²) in [4.78, 5) is 15.0. The maximum atomic E-state index is 12.9. The highest BCUT2D eigenvalue weighted by Gasteiger charge is 2.32. The molecule has 0 unspecified atom stereocenters. The van der Waals surface area contributed by atoms with Crippen LogP contribution in [0.5, 0.6) is 0 Å². The van der Waals surface area contributed by atoms with Crippen molar-refractivity contribution in [3.05, 3.63) is 76.8 Å². The molecule has 1 amide bonds. The van der Waals surface area contributed by atoms with Gasteiger partial charge in [-0.05, 0) is 25.1 Å². The zero-order valence-electron chi connectivity index (χ0n) is 16.7. The van der Waals surface area contributed by atoms with Crippen LogP contribution in [-0.2, 0) is 9.53 Å². The summed E-state index contributed by atoms with van der Waals surface area (Å²) in [5.41, 5.74) is 4.83. The average Bonchev–Trinajstić information content (AvgIpc) is 3.29. The van der Waals surface area contributed by atoms with E-state index in [4.69, 9.17) is 22.1 Å². The number of carbonyl (C=O) groups is 1. The van der Waals surface area contributed by atoms with Crippen molar-refractivity contribution in [2.24, 2.45) is 0 Å². The molecule has 0 aliphatic carbocycles. The summed E-state index contributed by atoms with van der Waals surface area (Å²) in [6, 6.07) is 18.1. The largest absolute Gasteiger partial charge is 0.383 e. The van der Waals surface area contributed by atoms with Gasteiger partial charge in [0.1, 0.15) is 4.32 Å². The minimum absolute atomic E-state index is 0.0932. The molecule has 1 aliphatic heterocycles. The van der Waals surface area contributed by atoms with Gasteiger partial charge in [-0.1, -0.05) is 72.0 Å². The first-order valence-electron chi connectivity index (χ1n) is 9.53. The zero-order chi connectivity index (χ0) is 21.1. The summed E-state index contributed by atoms with van der Waals surface area (Å²) < 4.78 is 7.49. The molecule has 4 rings (SSSR count). The van der Waals surface area contributed by atoms with Gasteiger partial charge in [-0.15, -0.1) is 0 Å². The van der Waals surface area contributed by atoms with Gasteiger partial charge in [0, 0.05) is 24.4 Å². The van der Waals surface area contributed by atoms with E-state index in [1.165, 1.54) is 17.3 Å². The fourth-order valence-corrected chi connectivity index (χ4v) is 4.46. The zero-order valence-corrected chi connectivity index (χ0v) is 18.4. The maximum absolute atomic E-state index is 12.9. The molecule has 5 nitrogen and oxygen atoms in total. The normalized spacial score (nSPS) is 15.4. The molecule has 152 valence electrons. The van der Waals surface area contributed by atoms with Crippen LogP contribution in [0, 0.1) is 6.92 Å². The van der Waals surface area contributed by atoms with Gasteiger partial charge in [-0.2, -0.15) is 5.10 Å². The molecule has 0 N–H and O–H groups in total. The van der Waals surface area contributed by atoms with Gasteiger partial charge in [0.2, 0.25) is 0 Å². The Labute approximate surface area is 185 Å². The van der Waals surface area contributed by atoms with Crippen molar-refractivity contribution in [2.45, 2.75) is 6.92 Å². The Morgan fingerprint density at radius 2 is 1.87 bits per heavy atom. The molecule has 30 heavy (non-hydrogen) atoms. The van der Waals surface area contributed by atoms with Crippen molar-refractivity contribution >= 4 is 40.3 Å². The average molecular weight is 436 g/mol. The Morgan fingerprint density at radius 1 is 1.13 bits per heavy atom. The molecule has 0 bridgehead atoms. The molecular weight excluding hydrogens is 414 g/mol. The second kappa shape index (κ2) is 8.95. The summed E-state index contributed by atoms with van der Waals surface area (Å²) in [5, 5.41) is 4.82. The third-order valence-corrected chi connectivity index (χ3v) is 6.15. The predicted molar refractivity (Wildman–Crippen MR) is 125 cm³/mol. The lowest BCUT2D eigenvalue weighted by atomic mass is 10.1. The van der Waals surface area contributed by atoms with Gasteiger partial charge in [-0.3, -0.25) is 9.69 Å². The summed E-state index contributed by atoms with van der Waals surface area (Å²) in [7, 11) is 1.61. The van der Waals surface area contributed by atoms with Gasteiger partial charge in [-0.25, -0.2) is 4.68 Å². The number of methoxy groups -OCH3 is 1. The van der Waals surface area contributed by atoms with Crippen LogP contribution >= 0.6 is 24.0 Å². The molecule has 1 saturated heterocycles. The molecular formula is C23H21N3O2S2. The van der Waals surface area contributed by atoms with Gasteiger partial charge in [0.05, 0.1) is 29.4 Å². The maximum Gasteiger partial charge on any atom is 0.266 e. The van der Waals surface area contributed by atoms with Gasteiger partial charge in [0.15, 0.2) is 0 Å². The number of hydrogen-bond donors (Lipinski definition) is 0. The van der Waals surface area contributed by atoms with E-state index in [2.05, 4.69) is 19.1 Å². The SMILES string of the molecule is COCCN1C(=O)C(=Cc2cn(-c3ccccc3)nc2-c2ccc(C)cc2)SC1=S. The standard InChI is InChI=1S/C23H21N3O2S2/c1-16-8-10-17(11-9-16)21-18(15-26(24-21)19-6-4-3-5-7-19)14-20-22(27)25(12-13-28-2)23(29)30-20/h3-11,14-15H,12-13H2,1-2H3. The van der Waals surface area contributed by atoms with E-state index in [9.17, 15) is 4.79 Å². The van der Waals surface area contributed by atoms with Crippen molar-refractivity contribution in [2.75, 3.05) is 20.3 Å². The summed E-state index contributed by atoms with van der Waals surface area (Å²) in [6.45, 7) is 2.95. The van der Waals surface area contributed by atoms with Crippen LogP contribution in [-0.4, -0.2) is 45.2 Å². The lowest BCUT2D eigenvalue weighted by Crippen LogP contribution is -2.31. The number of nitrogens with zero attached hydrogens (tertiary/aromatic N) is 3. The number of thiocarbonyl (C=S) groups is 1. The quantitative estimate of drug-likeness (QED) is 0.415. The Morgan fingerprint density at radius 3 is 2.57 bits per heavy atom. The molecule has 0 saturated carbocycles. The number of hydrogen-bond acceptors (Lipinski definition) is 5. The lowest BCUT2D eigenvalue weighted by molar-refractivity contribution is -0.122. The van der Waals surface area contributed by atoms with Crippen molar-refractivity contribution in [1.82, 2.24) is 14.7 Å². The van der Waals surface area contributed by atoms with E-state index in [-0.39, 0.29) is 5.91 Å². The number of thioether (sulfide) groups is 1. The minimum atomic E-state index is -0.0932. The lowest BCUT2D eigenvalue weighted by Gasteiger charge is -2.12. The van der Waals surface area contributed by atoms with Gasteiger partial charge in [0.25, 0.3) is 5.91 Å². The number of carbonyl (C=O) groups excluding carboxylic acids is 1. The van der Waals surface area contributed by atoms with Gasteiger partial charge < -0.3 is 4.74 Å². The number of para-hydroxylation sites is 1. The number of aryl methyl sites for hydroxylation is 1. The Kier molecular flexibility index (Phi) is 6.13. The monoisotopic (exact) mass is 435 g/mol. The highest BCUT2D eigenvalue weighted by molar-refractivity contribution is 8.26. The van der Waals surface area contributed by atoms with E-state index < -0.39 is 0 Å². The van der Waals surface area contributed by atoms with E-state index in [1.807, 2.05) is 59.4 Å². The predicted octanol–water partition coefficient (Wildman–Crippen LogP) is 4.70. The van der Waals surface area contributed by atoms with E-state index >= 15 is 0 Å². The number of ether oxygens (including phenoxy) is 1. The molecule has 2 aromatic carbocycles.